The van der Waals surface area contributed by atoms with Crippen LogP contribution in [0.4, 0.5) is 5.69 Å². The van der Waals surface area contributed by atoms with Crippen LogP contribution in [-0.2, 0) is 0 Å². The number of nitrogens with two attached hydrogens (primary N) is 1. The van der Waals surface area contributed by atoms with E-state index in [1.165, 1.54) is 0 Å². The first-order valence-corrected chi connectivity index (χ1v) is 6.44. The van der Waals surface area contributed by atoms with Crippen LogP contribution in [0.15, 0.2) is 48.5 Å². The Hall–Kier alpha value is -2.33. The van der Waals surface area contributed by atoms with Crippen LogP contribution < -0.4 is 11.1 Å². The zero-order valence-corrected chi connectivity index (χ0v) is 11.3. The summed E-state index contributed by atoms with van der Waals surface area (Å²) < 4.78 is 0. The summed E-state index contributed by atoms with van der Waals surface area (Å²) in [4.78, 5) is 12.3. The molecule has 4 N–H and O–H groups in total. The molecule has 0 heterocycles. The third-order valence-corrected chi connectivity index (χ3v) is 3.18. The van der Waals surface area contributed by atoms with Crippen LogP contribution in [0.1, 0.15) is 27.5 Å². The summed E-state index contributed by atoms with van der Waals surface area (Å²) >= 11 is 0. The Morgan fingerprint density at radius 2 is 1.95 bits per heavy atom. The van der Waals surface area contributed by atoms with Gasteiger partial charge in [-0.05, 0) is 36.2 Å². The monoisotopic (exact) mass is 270 g/mol. The van der Waals surface area contributed by atoms with Gasteiger partial charge in [-0.2, -0.15) is 0 Å². The van der Waals surface area contributed by atoms with E-state index in [9.17, 15) is 9.90 Å². The second-order valence-electron chi connectivity index (χ2n) is 4.69. The van der Waals surface area contributed by atoms with Crippen molar-refractivity contribution >= 4 is 11.6 Å². The molecular formula is C16H18N2O2. The van der Waals surface area contributed by atoms with E-state index in [1.807, 2.05) is 37.3 Å². The van der Waals surface area contributed by atoms with Crippen molar-refractivity contribution in [2.24, 2.45) is 0 Å². The predicted octanol–water partition coefficient (Wildman–Crippen LogP) is 2.04. The Labute approximate surface area is 118 Å². The fourth-order valence-electron chi connectivity index (χ4n) is 2.10. The number of nitrogens with one attached hydrogen (secondary N) is 1. The summed E-state index contributed by atoms with van der Waals surface area (Å²) in [7, 11) is 0. The zero-order chi connectivity index (χ0) is 14.5. The van der Waals surface area contributed by atoms with Crippen LogP contribution >= 0.6 is 0 Å². The van der Waals surface area contributed by atoms with Gasteiger partial charge in [0.25, 0.3) is 5.91 Å². The van der Waals surface area contributed by atoms with Gasteiger partial charge in [-0.15, -0.1) is 0 Å². The van der Waals surface area contributed by atoms with Crippen LogP contribution in [-0.4, -0.2) is 17.6 Å². The second-order valence-corrected chi connectivity index (χ2v) is 4.69. The SMILES string of the molecule is Cc1cc(N)ccc1C(=O)N[C@@H](CO)c1ccccc1. The topological polar surface area (TPSA) is 75.4 Å². The first-order valence-electron chi connectivity index (χ1n) is 6.44. The molecule has 4 nitrogen and oxygen atoms in total. The first-order chi connectivity index (χ1) is 9.61. The number of hydrogen-bond donors (Lipinski definition) is 3. The summed E-state index contributed by atoms with van der Waals surface area (Å²) in [6.07, 6.45) is 0. The van der Waals surface area contributed by atoms with Gasteiger partial charge < -0.3 is 16.2 Å². The lowest BCUT2D eigenvalue weighted by Gasteiger charge is -2.17. The van der Waals surface area contributed by atoms with Crippen molar-refractivity contribution in [3.63, 3.8) is 0 Å². The predicted molar refractivity (Wildman–Crippen MR) is 79.3 cm³/mol. The fourth-order valence-corrected chi connectivity index (χ4v) is 2.10. The Morgan fingerprint density at radius 1 is 1.25 bits per heavy atom. The fraction of sp³-hybridized carbons (Fsp3) is 0.188. The van der Waals surface area contributed by atoms with Crippen LogP contribution in [0.5, 0.6) is 0 Å². The highest BCUT2D eigenvalue weighted by Crippen LogP contribution is 2.16. The summed E-state index contributed by atoms with van der Waals surface area (Å²) in [5.74, 6) is -0.217. The maximum absolute atomic E-state index is 12.3. The molecule has 0 saturated heterocycles. The summed E-state index contributed by atoms with van der Waals surface area (Å²) in [6, 6.07) is 14.1. The van der Waals surface area contributed by atoms with Gasteiger partial charge in [-0.3, -0.25) is 4.79 Å². The molecule has 1 amide bonds. The molecule has 104 valence electrons. The van der Waals surface area contributed by atoms with Crippen molar-refractivity contribution < 1.29 is 9.90 Å². The van der Waals surface area contributed by atoms with Gasteiger partial charge >= 0.3 is 0 Å². The molecule has 0 aromatic heterocycles. The van der Waals surface area contributed by atoms with Crippen molar-refractivity contribution in [3.05, 3.63) is 65.2 Å². The van der Waals surface area contributed by atoms with Crippen LogP contribution in [0.3, 0.4) is 0 Å². The summed E-state index contributed by atoms with van der Waals surface area (Å²) in [5.41, 5.74) is 8.55. The van der Waals surface area contributed by atoms with Crippen molar-refractivity contribution in [2.45, 2.75) is 13.0 Å². The third-order valence-electron chi connectivity index (χ3n) is 3.18. The van der Waals surface area contributed by atoms with Crippen molar-refractivity contribution in [3.8, 4) is 0 Å². The number of hydrogen-bond acceptors (Lipinski definition) is 3. The van der Waals surface area contributed by atoms with E-state index in [0.29, 0.717) is 11.3 Å². The highest BCUT2D eigenvalue weighted by Gasteiger charge is 2.16. The molecule has 0 spiro atoms. The van der Waals surface area contributed by atoms with Crippen molar-refractivity contribution in [1.29, 1.82) is 0 Å². The Kier molecular flexibility index (Phi) is 4.38. The highest BCUT2D eigenvalue weighted by molar-refractivity contribution is 5.96. The molecular weight excluding hydrogens is 252 g/mol. The van der Waals surface area contributed by atoms with Crippen molar-refractivity contribution in [1.82, 2.24) is 5.32 Å². The molecule has 0 aliphatic heterocycles. The van der Waals surface area contributed by atoms with Crippen LogP contribution in [0.2, 0.25) is 0 Å². The average Bonchev–Trinajstić information content (AvgIpc) is 2.45. The molecule has 4 heteroatoms. The third kappa shape index (κ3) is 3.16. The Morgan fingerprint density at radius 3 is 2.55 bits per heavy atom. The summed E-state index contributed by atoms with van der Waals surface area (Å²) in [6.45, 7) is 1.69. The van der Waals surface area contributed by atoms with Gasteiger partial charge in [0.2, 0.25) is 0 Å². The van der Waals surface area contributed by atoms with Gasteiger partial charge in [-0.1, -0.05) is 30.3 Å². The average molecular weight is 270 g/mol. The van der Waals surface area contributed by atoms with Crippen LogP contribution in [0.25, 0.3) is 0 Å². The maximum Gasteiger partial charge on any atom is 0.252 e. The number of carbonyl (C=O) groups is 1. The van der Waals surface area contributed by atoms with E-state index in [0.717, 1.165) is 11.1 Å². The lowest BCUT2D eigenvalue weighted by atomic mass is 10.0. The molecule has 0 bridgehead atoms. The van der Waals surface area contributed by atoms with Gasteiger partial charge in [0, 0.05) is 11.3 Å². The minimum atomic E-state index is -0.416. The highest BCUT2D eigenvalue weighted by atomic mass is 16.3. The first kappa shape index (κ1) is 14.1. The number of aryl methyl sites for hydroxylation is 1. The molecule has 0 saturated carbocycles. The molecule has 0 aliphatic carbocycles. The lowest BCUT2D eigenvalue weighted by molar-refractivity contribution is 0.0915. The van der Waals surface area contributed by atoms with Crippen LogP contribution in [0, 0.1) is 6.92 Å². The van der Waals surface area contributed by atoms with E-state index in [1.54, 1.807) is 18.2 Å². The zero-order valence-electron chi connectivity index (χ0n) is 11.3. The molecule has 2 aromatic carbocycles. The molecule has 20 heavy (non-hydrogen) atoms. The molecule has 2 rings (SSSR count). The van der Waals surface area contributed by atoms with Gasteiger partial charge in [0.1, 0.15) is 0 Å². The molecule has 2 aromatic rings. The Balaban J connectivity index is 2.17. The lowest BCUT2D eigenvalue weighted by Crippen LogP contribution is -2.31. The number of nitrogen functional groups attached to an aromatic ring is 1. The van der Waals surface area contributed by atoms with E-state index >= 15 is 0 Å². The molecule has 0 fully saturated rings. The molecule has 0 radical (unpaired) electrons. The quantitative estimate of drug-likeness (QED) is 0.744. The smallest absolute Gasteiger partial charge is 0.252 e. The standard InChI is InChI=1S/C16H18N2O2/c1-11-9-13(17)7-8-14(11)16(20)18-15(10-19)12-5-3-2-4-6-12/h2-9,15,19H,10,17H2,1H3,(H,18,20)/t15-/m0/s1. The molecule has 0 unspecified atom stereocenters. The number of carbonyl (C=O) groups excluding carboxylic acids is 1. The van der Waals surface area contributed by atoms with Crippen molar-refractivity contribution in [2.75, 3.05) is 12.3 Å². The van der Waals surface area contributed by atoms with Gasteiger partial charge in [0.05, 0.1) is 12.6 Å². The second kappa shape index (κ2) is 6.21. The molecule has 1 atom stereocenters. The summed E-state index contributed by atoms with van der Waals surface area (Å²) in [5, 5.41) is 12.3. The Bertz CT molecular complexity index is 597. The van der Waals surface area contributed by atoms with E-state index in [2.05, 4.69) is 5.32 Å². The normalized spacial score (nSPS) is 11.9. The number of benzene rings is 2. The number of anilines is 1. The number of rotatable bonds is 4. The number of aliphatic hydroxyl groups is 1. The number of aliphatic hydroxyl groups excluding tert-OH is 1. The minimum Gasteiger partial charge on any atom is -0.399 e. The maximum atomic E-state index is 12.3. The molecule has 0 aliphatic rings. The van der Waals surface area contributed by atoms with E-state index in [-0.39, 0.29) is 12.5 Å². The minimum absolute atomic E-state index is 0.149. The largest absolute Gasteiger partial charge is 0.399 e. The van der Waals surface area contributed by atoms with E-state index < -0.39 is 6.04 Å². The van der Waals surface area contributed by atoms with Gasteiger partial charge in [-0.25, -0.2) is 0 Å². The van der Waals surface area contributed by atoms with Gasteiger partial charge in [0.15, 0.2) is 0 Å². The van der Waals surface area contributed by atoms with E-state index in [4.69, 9.17) is 5.73 Å². The number of amides is 1.